The van der Waals surface area contributed by atoms with E-state index in [2.05, 4.69) is 17.0 Å². The van der Waals surface area contributed by atoms with Crippen LogP contribution in [0.25, 0.3) is 10.2 Å². The van der Waals surface area contributed by atoms with Crippen molar-refractivity contribution in [1.82, 2.24) is 9.47 Å². The highest BCUT2D eigenvalue weighted by atomic mass is 35.5. The number of fused-ring (bicyclic) bond motifs is 1. The van der Waals surface area contributed by atoms with Gasteiger partial charge in [0.15, 0.2) is 0 Å². The Morgan fingerprint density at radius 1 is 0.923 bits per heavy atom. The molecule has 1 aromatic heterocycles. The number of carbonyl (C=O) groups is 1. The second kappa shape index (κ2) is 7.93. The summed E-state index contributed by atoms with van der Waals surface area (Å²) in [6, 6.07) is 17.9. The summed E-state index contributed by atoms with van der Waals surface area (Å²) in [4.78, 5) is 28.9. The molecule has 4 rings (SSSR count). The number of carbonyl (C=O) groups excluding carboxylic acids is 1. The van der Waals surface area contributed by atoms with Gasteiger partial charge in [0, 0.05) is 31.9 Å². The summed E-state index contributed by atoms with van der Waals surface area (Å²) in [6.45, 7) is 3.12. The molecule has 0 bridgehead atoms. The smallest absolute Gasteiger partial charge is 0.308 e. The van der Waals surface area contributed by atoms with Crippen molar-refractivity contribution in [3.05, 3.63) is 64.3 Å². The van der Waals surface area contributed by atoms with Crippen molar-refractivity contribution < 1.29 is 4.79 Å². The molecule has 26 heavy (non-hydrogen) atoms. The van der Waals surface area contributed by atoms with Crippen LogP contribution in [0.2, 0.25) is 0 Å². The molecule has 2 heterocycles. The van der Waals surface area contributed by atoms with Gasteiger partial charge >= 0.3 is 4.87 Å². The molecule has 0 radical (unpaired) electrons. The van der Waals surface area contributed by atoms with Crippen molar-refractivity contribution in [1.29, 1.82) is 0 Å². The van der Waals surface area contributed by atoms with Crippen molar-refractivity contribution in [2.45, 2.75) is 6.54 Å². The van der Waals surface area contributed by atoms with Crippen LogP contribution in [0, 0.1) is 0 Å². The number of aromatic nitrogens is 1. The average Bonchev–Trinajstić information content (AvgIpc) is 2.98. The van der Waals surface area contributed by atoms with Gasteiger partial charge < -0.3 is 9.80 Å². The summed E-state index contributed by atoms with van der Waals surface area (Å²) in [5, 5.41) is 0. The van der Waals surface area contributed by atoms with Crippen LogP contribution in [0.1, 0.15) is 0 Å². The van der Waals surface area contributed by atoms with Gasteiger partial charge in [-0.3, -0.25) is 14.2 Å². The molecule has 0 unspecified atom stereocenters. The quantitative estimate of drug-likeness (QED) is 0.692. The SMILES string of the molecule is Cl.O=C(Cn1c(=O)sc2ccccc21)N1CCN(c2ccccc2)CC1. The van der Waals surface area contributed by atoms with E-state index in [0.717, 1.165) is 23.3 Å². The molecule has 3 aromatic rings. The van der Waals surface area contributed by atoms with E-state index in [-0.39, 0.29) is 29.7 Å². The van der Waals surface area contributed by atoms with Crippen molar-refractivity contribution >= 4 is 45.6 Å². The first-order chi connectivity index (χ1) is 12.2. The normalized spacial score (nSPS) is 14.3. The van der Waals surface area contributed by atoms with Crippen molar-refractivity contribution in [3.8, 4) is 0 Å². The molecule has 1 saturated heterocycles. The summed E-state index contributed by atoms with van der Waals surface area (Å²) >= 11 is 1.19. The number of halogens is 1. The Morgan fingerprint density at radius 3 is 2.31 bits per heavy atom. The topological polar surface area (TPSA) is 45.6 Å². The third kappa shape index (κ3) is 3.61. The highest BCUT2D eigenvalue weighted by Gasteiger charge is 2.22. The predicted octanol–water partition coefficient (Wildman–Crippen LogP) is 2.83. The summed E-state index contributed by atoms with van der Waals surface area (Å²) in [7, 11) is 0. The van der Waals surface area contributed by atoms with Crippen LogP contribution in [0.15, 0.2) is 59.4 Å². The average molecular weight is 390 g/mol. The highest BCUT2D eigenvalue weighted by Crippen LogP contribution is 2.18. The first-order valence-corrected chi connectivity index (χ1v) is 9.20. The molecular formula is C19H20ClN3O2S. The minimum atomic E-state index is -0.0718. The minimum absolute atomic E-state index is 0. The van der Waals surface area contributed by atoms with Crippen LogP contribution in [0.5, 0.6) is 0 Å². The largest absolute Gasteiger partial charge is 0.368 e. The molecule has 0 saturated carbocycles. The maximum atomic E-state index is 12.7. The lowest BCUT2D eigenvalue weighted by molar-refractivity contribution is -0.132. The first kappa shape index (κ1) is 18.5. The van der Waals surface area contributed by atoms with Crippen LogP contribution < -0.4 is 9.77 Å². The molecule has 136 valence electrons. The van der Waals surface area contributed by atoms with Gasteiger partial charge in [-0.15, -0.1) is 12.4 Å². The number of thiazole rings is 1. The van der Waals surface area contributed by atoms with Crippen LogP contribution in [-0.4, -0.2) is 41.6 Å². The zero-order valence-corrected chi connectivity index (χ0v) is 15.8. The third-order valence-corrected chi connectivity index (χ3v) is 5.58. The fourth-order valence-corrected chi connectivity index (χ4v) is 4.14. The number of hydrogen-bond acceptors (Lipinski definition) is 4. The van der Waals surface area contributed by atoms with Crippen molar-refractivity contribution in [3.63, 3.8) is 0 Å². The van der Waals surface area contributed by atoms with Crippen LogP contribution in [-0.2, 0) is 11.3 Å². The number of nitrogens with zero attached hydrogens (tertiary/aromatic N) is 3. The zero-order chi connectivity index (χ0) is 17.2. The van der Waals surface area contributed by atoms with Crippen molar-refractivity contribution in [2.24, 2.45) is 0 Å². The van der Waals surface area contributed by atoms with Gasteiger partial charge in [0.25, 0.3) is 0 Å². The number of para-hydroxylation sites is 2. The fraction of sp³-hybridized carbons (Fsp3) is 0.263. The molecule has 1 aliphatic rings. The maximum Gasteiger partial charge on any atom is 0.308 e. The third-order valence-electron chi connectivity index (χ3n) is 4.62. The summed E-state index contributed by atoms with van der Waals surface area (Å²) in [5.74, 6) is 0.0124. The Bertz CT molecular complexity index is 946. The van der Waals surface area contributed by atoms with Crippen LogP contribution in [0.3, 0.4) is 0 Å². The van der Waals surface area contributed by atoms with Gasteiger partial charge in [-0.1, -0.05) is 41.7 Å². The van der Waals surface area contributed by atoms with E-state index in [1.165, 1.54) is 17.0 Å². The molecule has 0 atom stereocenters. The van der Waals surface area contributed by atoms with Gasteiger partial charge in [0.1, 0.15) is 6.54 Å². The first-order valence-electron chi connectivity index (χ1n) is 8.38. The summed E-state index contributed by atoms with van der Waals surface area (Å²) < 4.78 is 2.51. The lowest BCUT2D eigenvalue weighted by Gasteiger charge is -2.36. The van der Waals surface area contributed by atoms with Gasteiger partial charge in [0.05, 0.1) is 10.2 Å². The monoisotopic (exact) mass is 389 g/mol. The molecule has 5 nitrogen and oxygen atoms in total. The van der Waals surface area contributed by atoms with Crippen molar-refractivity contribution in [2.75, 3.05) is 31.1 Å². The van der Waals surface area contributed by atoms with Gasteiger partial charge in [0.2, 0.25) is 5.91 Å². The van der Waals surface area contributed by atoms with Gasteiger partial charge in [-0.05, 0) is 24.3 Å². The van der Waals surface area contributed by atoms with E-state index in [9.17, 15) is 9.59 Å². The molecule has 1 amide bonds. The Labute approximate surface area is 161 Å². The van der Waals surface area contributed by atoms with Gasteiger partial charge in [-0.25, -0.2) is 0 Å². The number of anilines is 1. The molecule has 2 aromatic carbocycles. The number of rotatable bonds is 3. The molecular weight excluding hydrogens is 370 g/mol. The molecule has 0 spiro atoms. The second-order valence-electron chi connectivity index (χ2n) is 6.13. The predicted molar refractivity (Wildman–Crippen MR) is 109 cm³/mol. The fourth-order valence-electron chi connectivity index (χ4n) is 3.25. The maximum absolute atomic E-state index is 12.7. The zero-order valence-electron chi connectivity index (χ0n) is 14.2. The van der Waals surface area contributed by atoms with E-state index >= 15 is 0 Å². The number of piperazine rings is 1. The molecule has 1 aliphatic heterocycles. The Morgan fingerprint density at radius 2 is 1.58 bits per heavy atom. The Hall–Kier alpha value is -2.31. The Kier molecular flexibility index (Phi) is 5.64. The molecule has 0 N–H and O–H groups in total. The second-order valence-corrected chi connectivity index (χ2v) is 7.12. The number of benzene rings is 2. The standard InChI is InChI=1S/C19H19N3O2S.ClH/c23-18(14-22-16-8-4-5-9-17(16)25-19(22)24)21-12-10-20(11-13-21)15-6-2-1-3-7-15;/h1-9H,10-14H2;1H. The van der Waals surface area contributed by atoms with E-state index in [1.807, 2.05) is 47.4 Å². The lowest BCUT2D eigenvalue weighted by Crippen LogP contribution is -2.50. The van der Waals surface area contributed by atoms with Gasteiger partial charge in [-0.2, -0.15) is 0 Å². The Balaban J connectivity index is 0.00000196. The minimum Gasteiger partial charge on any atom is -0.368 e. The van der Waals surface area contributed by atoms with E-state index in [4.69, 9.17) is 0 Å². The number of amides is 1. The summed E-state index contributed by atoms with van der Waals surface area (Å²) in [5.41, 5.74) is 2.03. The van der Waals surface area contributed by atoms with E-state index < -0.39 is 0 Å². The van der Waals surface area contributed by atoms with E-state index in [0.29, 0.717) is 13.1 Å². The van der Waals surface area contributed by atoms with Crippen LogP contribution >= 0.6 is 23.7 Å². The molecule has 0 aliphatic carbocycles. The molecule has 1 fully saturated rings. The highest BCUT2D eigenvalue weighted by molar-refractivity contribution is 7.16. The summed E-state index contributed by atoms with van der Waals surface area (Å²) in [6.07, 6.45) is 0. The van der Waals surface area contributed by atoms with Crippen LogP contribution in [0.4, 0.5) is 5.69 Å². The molecule has 7 heteroatoms. The lowest BCUT2D eigenvalue weighted by atomic mass is 10.2. The van der Waals surface area contributed by atoms with E-state index in [1.54, 1.807) is 4.57 Å². The number of hydrogen-bond donors (Lipinski definition) is 0.